The number of amides is 2. The number of carbonyl (C=O) groups excluding carboxylic acids is 2. The van der Waals surface area contributed by atoms with Crippen molar-refractivity contribution in [2.24, 2.45) is 0 Å². The Morgan fingerprint density at radius 3 is 1.87 bits per heavy atom. The van der Waals surface area contributed by atoms with Gasteiger partial charge in [0.05, 0.1) is 5.56 Å². The van der Waals surface area contributed by atoms with E-state index in [0.29, 0.717) is 24.9 Å². The van der Waals surface area contributed by atoms with Gasteiger partial charge >= 0.3 is 0 Å². The quantitative estimate of drug-likeness (QED) is 0.175. The molecule has 1 unspecified atom stereocenters. The van der Waals surface area contributed by atoms with Crippen molar-refractivity contribution in [2.75, 3.05) is 6.54 Å². The lowest BCUT2D eigenvalue weighted by Gasteiger charge is -2.17. The van der Waals surface area contributed by atoms with Gasteiger partial charge in [0.25, 0.3) is 5.91 Å². The molecular formula is C33H47N3O2. The fourth-order valence-corrected chi connectivity index (χ4v) is 3.47. The molecule has 1 aromatic heterocycles. The van der Waals surface area contributed by atoms with Gasteiger partial charge in [0.15, 0.2) is 0 Å². The molecule has 5 nitrogen and oxygen atoms in total. The van der Waals surface area contributed by atoms with Gasteiger partial charge in [-0.1, -0.05) is 86.8 Å². The van der Waals surface area contributed by atoms with Crippen LogP contribution in [-0.4, -0.2) is 29.4 Å². The van der Waals surface area contributed by atoms with E-state index in [1.807, 2.05) is 6.92 Å². The first-order valence-electron chi connectivity index (χ1n) is 14.0. The highest BCUT2D eigenvalue weighted by atomic mass is 16.2. The molecule has 0 fully saturated rings. The van der Waals surface area contributed by atoms with Crippen molar-refractivity contribution in [2.45, 2.75) is 84.1 Å². The van der Waals surface area contributed by atoms with Crippen molar-refractivity contribution in [3.63, 3.8) is 0 Å². The molecule has 0 aliphatic carbocycles. The molecular weight excluding hydrogens is 470 g/mol. The zero-order valence-electron chi connectivity index (χ0n) is 23.4. The summed E-state index contributed by atoms with van der Waals surface area (Å²) in [6.45, 7) is 4.73. The summed E-state index contributed by atoms with van der Waals surface area (Å²) < 4.78 is 0. The standard InChI is InChI=1S/C33H47N3O2/c1-3-5-6-7-8-9-10-11-12-13-14-15-16-17-18-19-20-21-22-25-32(37)35-28-26-31(4-2)36-33(38)30-24-23-27-34-29-30/h5-6,8-9,11-12,14-15,17-18,20-21,23-24,27,29,31H,3-4,7,10,13,16,19,22,25-26,28H2,1-2H3,(H,35,37)(H,36,38)/b6-5-,9-8-,12-11-,15-14-,18-17-,21-20-. The van der Waals surface area contributed by atoms with E-state index >= 15 is 0 Å². The van der Waals surface area contributed by atoms with Crippen molar-refractivity contribution in [3.8, 4) is 0 Å². The number of nitrogens with one attached hydrogen (secondary N) is 2. The smallest absolute Gasteiger partial charge is 0.253 e. The minimum absolute atomic E-state index is 0.0198. The average molecular weight is 518 g/mol. The van der Waals surface area contributed by atoms with Crippen LogP contribution in [0.1, 0.15) is 88.4 Å². The van der Waals surface area contributed by atoms with Gasteiger partial charge in [0.2, 0.25) is 5.91 Å². The molecule has 206 valence electrons. The normalized spacial score (nSPS) is 13.1. The van der Waals surface area contributed by atoms with Gasteiger partial charge in [0, 0.05) is 31.4 Å². The van der Waals surface area contributed by atoms with Crippen molar-refractivity contribution in [3.05, 3.63) is 103 Å². The van der Waals surface area contributed by atoms with E-state index in [2.05, 4.69) is 95.5 Å². The first kappa shape index (κ1) is 32.6. The van der Waals surface area contributed by atoms with Crippen LogP contribution in [0, 0.1) is 0 Å². The van der Waals surface area contributed by atoms with Crippen LogP contribution in [0.4, 0.5) is 0 Å². The van der Waals surface area contributed by atoms with Gasteiger partial charge < -0.3 is 10.6 Å². The van der Waals surface area contributed by atoms with E-state index in [-0.39, 0.29) is 17.9 Å². The molecule has 1 aromatic rings. The fraction of sp³-hybridized carbons (Fsp3) is 0.424. The summed E-state index contributed by atoms with van der Waals surface area (Å²) in [6.07, 6.45) is 37.9. The molecule has 1 heterocycles. The number of pyridine rings is 1. The molecule has 0 bridgehead atoms. The van der Waals surface area contributed by atoms with Crippen LogP contribution in [0.3, 0.4) is 0 Å². The highest BCUT2D eigenvalue weighted by molar-refractivity contribution is 5.94. The number of aromatic nitrogens is 1. The first-order valence-corrected chi connectivity index (χ1v) is 14.0. The summed E-state index contributed by atoms with van der Waals surface area (Å²) in [4.78, 5) is 28.3. The van der Waals surface area contributed by atoms with Crippen molar-refractivity contribution in [1.82, 2.24) is 15.6 Å². The fourth-order valence-electron chi connectivity index (χ4n) is 3.47. The molecule has 0 radical (unpaired) electrons. The number of nitrogens with zero attached hydrogens (tertiary/aromatic N) is 1. The van der Waals surface area contributed by atoms with Crippen LogP contribution in [0.2, 0.25) is 0 Å². The molecule has 0 aliphatic heterocycles. The number of allylic oxidation sites excluding steroid dienone is 12. The molecule has 1 atom stereocenters. The third-order valence-electron chi connectivity index (χ3n) is 5.70. The van der Waals surface area contributed by atoms with Gasteiger partial charge in [-0.15, -0.1) is 0 Å². The Labute approximate surface area is 230 Å². The van der Waals surface area contributed by atoms with Gasteiger partial charge in [-0.3, -0.25) is 14.6 Å². The van der Waals surface area contributed by atoms with Crippen LogP contribution in [-0.2, 0) is 4.79 Å². The molecule has 0 spiro atoms. The van der Waals surface area contributed by atoms with Crippen LogP contribution in [0.15, 0.2) is 97.4 Å². The number of hydrogen-bond acceptors (Lipinski definition) is 3. The lowest BCUT2D eigenvalue weighted by molar-refractivity contribution is -0.121. The number of hydrogen-bond donors (Lipinski definition) is 2. The van der Waals surface area contributed by atoms with E-state index in [9.17, 15) is 9.59 Å². The number of rotatable bonds is 20. The van der Waals surface area contributed by atoms with Crippen molar-refractivity contribution < 1.29 is 9.59 Å². The maximum absolute atomic E-state index is 12.2. The summed E-state index contributed by atoms with van der Waals surface area (Å²) >= 11 is 0. The summed E-state index contributed by atoms with van der Waals surface area (Å²) in [5, 5.41) is 5.95. The van der Waals surface area contributed by atoms with Crippen molar-refractivity contribution >= 4 is 11.8 Å². The minimum Gasteiger partial charge on any atom is -0.356 e. The zero-order chi connectivity index (χ0) is 27.5. The van der Waals surface area contributed by atoms with E-state index in [0.717, 1.165) is 51.4 Å². The molecule has 5 heteroatoms. The second-order valence-corrected chi connectivity index (χ2v) is 8.91. The molecule has 2 N–H and O–H groups in total. The highest BCUT2D eigenvalue weighted by Gasteiger charge is 2.12. The van der Waals surface area contributed by atoms with E-state index in [4.69, 9.17) is 0 Å². The Morgan fingerprint density at radius 2 is 1.37 bits per heavy atom. The maximum atomic E-state index is 12.2. The molecule has 0 saturated carbocycles. The third kappa shape index (κ3) is 18.8. The van der Waals surface area contributed by atoms with Crippen LogP contribution in [0.25, 0.3) is 0 Å². The van der Waals surface area contributed by atoms with E-state index in [1.54, 1.807) is 24.5 Å². The third-order valence-corrected chi connectivity index (χ3v) is 5.70. The van der Waals surface area contributed by atoms with E-state index < -0.39 is 0 Å². The monoisotopic (exact) mass is 517 g/mol. The Kier molecular flexibility index (Phi) is 20.5. The molecule has 1 rings (SSSR count). The van der Waals surface area contributed by atoms with E-state index in [1.165, 1.54) is 0 Å². The van der Waals surface area contributed by atoms with Gasteiger partial charge in [-0.2, -0.15) is 0 Å². The van der Waals surface area contributed by atoms with Crippen LogP contribution >= 0.6 is 0 Å². The topological polar surface area (TPSA) is 71.1 Å². The highest BCUT2D eigenvalue weighted by Crippen LogP contribution is 2.02. The summed E-state index contributed by atoms with van der Waals surface area (Å²) in [5.74, 6) is -0.0908. The molecule has 0 aliphatic rings. The molecule has 0 saturated heterocycles. The SMILES string of the molecule is CC/C=C\C/C=C\C/C=C\C/C=C\C/C=C\C/C=C\CCC(=O)NCCC(CC)NC(=O)c1cccnc1. The lowest BCUT2D eigenvalue weighted by Crippen LogP contribution is -2.37. The average Bonchev–Trinajstić information content (AvgIpc) is 2.94. The molecule has 2 amide bonds. The molecule has 38 heavy (non-hydrogen) atoms. The Bertz CT molecular complexity index is 927. The van der Waals surface area contributed by atoms with Crippen LogP contribution < -0.4 is 10.6 Å². The van der Waals surface area contributed by atoms with Gasteiger partial charge in [0.1, 0.15) is 0 Å². The maximum Gasteiger partial charge on any atom is 0.253 e. The van der Waals surface area contributed by atoms with Gasteiger partial charge in [-0.25, -0.2) is 0 Å². The largest absolute Gasteiger partial charge is 0.356 e. The second kappa shape index (κ2) is 23.9. The lowest BCUT2D eigenvalue weighted by atomic mass is 10.1. The summed E-state index contributed by atoms with van der Waals surface area (Å²) in [7, 11) is 0. The second-order valence-electron chi connectivity index (χ2n) is 8.91. The van der Waals surface area contributed by atoms with Crippen molar-refractivity contribution in [1.29, 1.82) is 0 Å². The summed E-state index contributed by atoms with van der Waals surface area (Å²) in [6, 6.07) is 3.51. The predicted octanol–water partition coefficient (Wildman–Crippen LogP) is 7.57. The Morgan fingerprint density at radius 1 is 0.816 bits per heavy atom. The Hall–Kier alpha value is -3.47. The minimum atomic E-state index is -0.131. The Balaban J connectivity index is 2.04. The molecule has 0 aromatic carbocycles. The zero-order valence-corrected chi connectivity index (χ0v) is 23.4. The summed E-state index contributed by atoms with van der Waals surface area (Å²) in [5.41, 5.74) is 0.548. The predicted molar refractivity (Wildman–Crippen MR) is 161 cm³/mol. The van der Waals surface area contributed by atoms with Crippen LogP contribution in [0.5, 0.6) is 0 Å². The number of carbonyl (C=O) groups is 2. The van der Waals surface area contributed by atoms with Gasteiger partial charge in [-0.05, 0) is 69.9 Å². The first-order chi connectivity index (χ1) is 18.7.